The number of ether oxygens (including phenoxy) is 1. The molecule has 1 saturated heterocycles. The smallest absolute Gasteiger partial charge is 0.243 e. The zero-order valence-corrected chi connectivity index (χ0v) is 11.7. The molecule has 1 spiro atoms. The van der Waals surface area contributed by atoms with E-state index in [1.165, 1.54) is 12.8 Å². The van der Waals surface area contributed by atoms with Crippen LogP contribution in [0.3, 0.4) is 0 Å². The third-order valence-corrected chi connectivity index (χ3v) is 4.04. The van der Waals surface area contributed by atoms with Gasteiger partial charge in [0.15, 0.2) is 0 Å². The van der Waals surface area contributed by atoms with E-state index in [2.05, 4.69) is 19.2 Å². The minimum absolute atomic E-state index is 0.186. The second-order valence-electron chi connectivity index (χ2n) is 5.82. The maximum atomic E-state index is 12.3. The van der Waals surface area contributed by atoms with Crippen LogP contribution in [-0.2, 0) is 9.53 Å². The number of nitrogens with one attached hydrogen (secondary N) is 1. The van der Waals surface area contributed by atoms with Crippen molar-refractivity contribution in [3.05, 3.63) is 0 Å². The maximum absolute atomic E-state index is 12.3. The van der Waals surface area contributed by atoms with Gasteiger partial charge in [-0.05, 0) is 39.5 Å². The van der Waals surface area contributed by atoms with Crippen LogP contribution in [0.2, 0.25) is 0 Å². The number of carbonyl (C=O) groups excluding carboxylic acids is 1. The minimum Gasteiger partial charge on any atom is -0.379 e. The number of nitrogens with zero attached hydrogens (tertiary/aromatic N) is 1. The van der Waals surface area contributed by atoms with Crippen LogP contribution in [-0.4, -0.2) is 42.3 Å². The highest BCUT2D eigenvalue weighted by atomic mass is 16.5. The molecule has 1 N–H and O–H groups in total. The van der Waals surface area contributed by atoms with Crippen molar-refractivity contribution in [3.8, 4) is 0 Å². The second kappa shape index (κ2) is 6.02. The predicted octanol–water partition coefficient (Wildman–Crippen LogP) is 1.89. The van der Waals surface area contributed by atoms with Crippen LogP contribution in [0.25, 0.3) is 0 Å². The van der Waals surface area contributed by atoms with E-state index in [9.17, 15) is 4.79 Å². The predicted molar refractivity (Wildman–Crippen MR) is 71.2 cm³/mol. The number of amides is 1. The van der Waals surface area contributed by atoms with E-state index in [-0.39, 0.29) is 5.54 Å². The summed E-state index contributed by atoms with van der Waals surface area (Å²) >= 11 is 0. The van der Waals surface area contributed by atoms with Crippen LogP contribution in [0.15, 0.2) is 0 Å². The lowest BCUT2D eigenvalue weighted by Crippen LogP contribution is -2.43. The molecule has 1 amide bonds. The quantitative estimate of drug-likeness (QED) is 0.736. The van der Waals surface area contributed by atoms with Crippen LogP contribution in [0.5, 0.6) is 0 Å². The molecule has 104 valence electrons. The lowest BCUT2D eigenvalue weighted by Gasteiger charge is -2.21. The van der Waals surface area contributed by atoms with Gasteiger partial charge in [0, 0.05) is 13.2 Å². The lowest BCUT2D eigenvalue weighted by molar-refractivity contribution is -0.132. The summed E-state index contributed by atoms with van der Waals surface area (Å²) in [6.45, 7) is 6.52. The molecule has 1 aliphatic carbocycles. The first-order chi connectivity index (χ1) is 8.64. The molecule has 0 aromatic rings. The number of hydrogen-bond donors (Lipinski definition) is 1. The van der Waals surface area contributed by atoms with Gasteiger partial charge in [-0.3, -0.25) is 10.1 Å². The number of rotatable bonds is 6. The first-order valence-corrected chi connectivity index (χ1v) is 7.30. The number of carbonyl (C=O) groups is 1. The molecule has 0 bridgehead atoms. The molecular weight excluding hydrogens is 228 g/mol. The average molecular weight is 254 g/mol. The summed E-state index contributed by atoms with van der Waals surface area (Å²) in [5.74, 6) is 0.338. The molecule has 2 aliphatic rings. The highest BCUT2D eigenvalue weighted by Crippen LogP contribution is 2.34. The summed E-state index contributed by atoms with van der Waals surface area (Å²) in [6, 6.07) is 0. The fraction of sp³-hybridized carbons (Fsp3) is 0.929. The van der Waals surface area contributed by atoms with E-state index in [0.29, 0.717) is 12.0 Å². The molecule has 4 nitrogen and oxygen atoms in total. The van der Waals surface area contributed by atoms with Crippen LogP contribution in [0, 0.1) is 0 Å². The topological polar surface area (TPSA) is 41.6 Å². The Balaban J connectivity index is 1.67. The van der Waals surface area contributed by atoms with Crippen molar-refractivity contribution in [2.75, 3.05) is 19.8 Å². The fourth-order valence-electron chi connectivity index (χ4n) is 2.97. The molecule has 0 radical (unpaired) electrons. The van der Waals surface area contributed by atoms with Gasteiger partial charge in [0.25, 0.3) is 0 Å². The van der Waals surface area contributed by atoms with Crippen molar-refractivity contribution in [2.24, 2.45) is 0 Å². The van der Waals surface area contributed by atoms with Gasteiger partial charge in [0.05, 0.1) is 18.3 Å². The van der Waals surface area contributed by atoms with Gasteiger partial charge in [-0.25, -0.2) is 0 Å². The van der Waals surface area contributed by atoms with Crippen molar-refractivity contribution < 1.29 is 9.53 Å². The molecule has 1 aliphatic heterocycles. The van der Waals surface area contributed by atoms with E-state index in [0.717, 1.165) is 45.5 Å². The van der Waals surface area contributed by atoms with E-state index >= 15 is 0 Å². The molecule has 18 heavy (non-hydrogen) atoms. The Kier molecular flexibility index (Phi) is 4.62. The molecular formula is C14H26N2O2. The Labute approximate surface area is 110 Å². The largest absolute Gasteiger partial charge is 0.379 e. The molecule has 1 saturated carbocycles. The Bertz CT molecular complexity index is 286. The van der Waals surface area contributed by atoms with Gasteiger partial charge in [-0.2, -0.15) is 0 Å². The van der Waals surface area contributed by atoms with E-state index in [1.54, 1.807) is 0 Å². The first kappa shape index (κ1) is 13.8. The Morgan fingerprint density at radius 1 is 1.33 bits per heavy atom. The molecule has 4 heteroatoms. The van der Waals surface area contributed by atoms with Gasteiger partial charge in [0.1, 0.15) is 0 Å². The summed E-state index contributed by atoms with van der Waals surface area (Å²) in [4.78, 5) is 14.3. The van der Waals surface area contributed by atoms with Crippen LogP contribution >= 0.6 is 0 Å². The lowest BCUT2D eigenvalue weighted by atomic mass is 9.98. The molecule has 0 unspecified atom stereocenters. The van der Waals surface area contributed by atoms with Crippen molar-refractivity contribution in [1.29, 1.82) is 0 Å². The zero-order chi connectivity index (χ0) is 13.0. The highest BCUT2D eigenvalue weighted by molar-refractivity contribution is 5.88. The Morgan fingerprint density at radius 3 is 2.72 bits per heavy atom. The van der Waals surface area contributed by atoms with Gasteiger partial charge in [-0.15, -0.1) is 0 Å². The minimum atomic E-state index is -0.186. The van der Waals surface area contributed by atoms with E-state index in [1.807, 2.05) is 4.90 Å². The maximum Gasteiger partial charge on any atom is 0.243 e. The molecule has 1 heterocycles. The van der Waals surface area contributed by atoms with Gasteiger partial charge < -0.3 is 9.64 Å². The number of unbranched alkanes of at least 4 members (excludes halogenated alkanes) is 1. The SMILES string of the molecule is CC(C)OCCCCN1CNC2(CCCC2)C1=O. The highest BCUT2D eigenvalue weighted by Gasteiger charge is 2.47. The summed E-state index contributed by atoms with van der Waals surface area (Å²) < 4.78 is 5.51. The average Bonchev–Trinajstić information content (AvgIpc) is 2.91. The van der Waals surface area contributed by atoms with E-state index < -0.39 is 0 Å². The Hall–Kier alpha value is -0.610. The van der Waals surface area contributed by atoms with Crippen LogP contribution < -0.4 is 5.32 Å². The molecule has 0 atom stereocenters. The summed E-state index contributed by atoms with van der Waals surface area (Å²) in [5, 5.41) is 3.44. The Morgan fingerprint density at radius 2 is 2.06 bits per heavy atom. The monoisotopic (exact) mass is 254 g/mol. The molecule has 2 fully saturated rings. The van der Waals surface area contributed by atoms with Gasteiger partial charge in [-0.1, -0.05) is 12.8 Å². The van der Waals surface area contributed by atoms with Crippen molar-refractivity contribution in [1.82, 2.24) is 10.2 Å². The van der Waals surface area contributed by atoms with Crippen molar-refractivity contribution >= 4 is 5.91 Å². The third-order valence-electron chi connectivity index (χ3n) is 4.04. The van der Waals surface area contributed by atoms with Gasteiger partial charge >= 0.3 is 0 Å². The summed E-state index contributed by atoms with van der Waals surface area (Å²) in [6.07, 6.45) is 6.81. The third kappa shape index (κ3) is 3.04. The second-order valence-corrected chi connectivity index (χ2v) is 5.82. The molecule has 2 rings (SSSR count). The van der Waals surface area contributed by atoms with Gasteiger partial charge in [0.2, 0.25) is 5.91 Å². The normalized spacial score (nSPS) is 22.6. The van der Waals surface area contributed by atoms with Crippen LogP contribution in [0.1, 0.15) is 52.4 Å². The summed E-state index contributed by atoms with van der Waals surface area (Å²) in [5.41, 5.74) is -0.186. The first-order valence-electron chi connectivity index (χ1n) is 7.30. The number of hydrogen-bond acceptors (Lipinski definition) is 3. The van der Waals surface area contributed by atoms with Crippen molar-refractivity contribution in [2.45, 2.75) is 64.0 Å². The molecule has 0 aromatic carbocycles. The fourth-order valence-corrected chi connectivity index (χ4v) is 2.97. The standard InChI is InChI=1S/C14H26N2O2/c1-12(2)18-10-6-5-9-16-11-15-14(13(16)17)7-3-4-8-14/h12,15H,3-11H2,1-2H3. The molecule has 0 aromatic heterocycles. The zero-order valence-electron chi connectivity index (χ0n) is 11.7. The van der Waals surface area contributed by atoms with Crippen molar-refractivity contribution in [3.63, 3.8) is 0 Å². The van der Waals surface area contributed by atoms with Crippen LogP contribution in [0.4, 0.5) is 0 Å². The summed E-state index contributed by atoms with van der Waals surface area (Å²) in [7, 11) is 0. The van der Waals surface area contributed by atoms with E-state index in [4.69, 9.17) is 4.74 Å².